The Morgan fingerprint density at radius 2 is 0.860 bits per heavy atom. The summed E-state index contributed by atoms with van der Waals surface area (Å²) in [4.78, 5) is 86.2. The van der Waals surface area contributed by atoms with Crippen LogP contribution in [0.2, 0.25) is 0 Å². The van der Waals surface area contributed by atoms with Crippen molar-refractivity contribution in [3.05, 3.63) is 33.9 Å². The number of esters is 6. The fourth-order valence-electron chi connectivity index (χ4n) is 2.53. The summed E-state index contributed by atoms with van der Waals surface area (Å²) in [5.74, 6) is -7.67. The summed E-state index contributed by atoms with van der Waals surface area (Å²) in [7, 11) is 0. The number of benzene rings is 1. The lowest BCUT2D eigenvalue weighted by molar-refractivity contribution is -0.183. The molecule has 4 atom stereocenters. The number of halogens is 1. The van der Waals surface area contributed by atoms with Crippen molar-refractivity contribution < 1.29 is 77.0 Å². The summed E-state index contributed by atoms with van der Waals surface area (Å²) in [5.41, 5.74) is 0. The Morgan fingerprint density at radius 3 is 1.05 bits per heavy atom. The lowest BCUT2D eigenvalue weighted by atomic mass is 10.2. The monoisotopic (exact) mass is 728 g/mol. The third kappa shape index (κ3) is 23.0. The van der Waals surface area contributed by atoms with Gasteiger partial charge in [0, 0.05) is 45.1 Å². The number of carboxylic acid groups (broad SMARTS) is 2. The van der Waals surface area contributed by atoms with E-state index in [0.29, 0.717) is 0 Å². The largest absolute Gasteiger partial charge is 0.478 e. The third-order valence-corrected chi connectivity index (χ3v) is 4.74. The van der Waals surface area contributed by atoms with Crippen LogP contribution >= 0.6 is 22.6 Å². The third-order valence-electron chi connectivity index (χ3n) is 4.02. The second-order valence-corrected chi connectivity index (χ2v) is 9.18. The van der Waals surface area contributed by atoms with Gasteiger partial charge in [0.1, 0.15) is 13.2 Å². The van der Waals surface area contributed by atoms with Crippen LogP contribution in [-0.2, 0) is 66.8 Å². The Labute approximate surface area is 260 Å². The van der Waals surface area contributed by atoms with E-state index in [4.69, 9.17) is 10.2 Å². The Hall–Kier alpha value is -4.29. The van der Waals surface area contributed by atoms with Gasteiger partial charge < -0.3 is 38.6 Å². The van der Waals surface area contributed by atoms with Crippen LogP contribution in [0.15, 0.2) is 30.3 Å². The van der Waals surface area contributed by atoms with Crippen LogP contribution in [0.4, 0.5) is 0 Å². The molecule has 0 aromatic heterocycles. The standard InChI is InChI=1S/2C10H14O8.C6H5I/c2*1-5(11)16-4-8(17-6(2)12)9(10(14)15)18-7(3)13;7-6-4-2-1-3-5-6/h2*8-9H,4H2,1-3H3,(H,14,15);1-5H/t2*8-,9-;/m00./s1. The van der Waals surface area contributed by atoms with Gasteiger partial charge in [-0.1, -0.05) is 18.2 Å². The Morgan fingerprint density at radius 1 is 0.558 bits per heavy atom. The van der Waals surface area contributed by atoms with Gasteiger partial charge in [0.05, 0.1) is 0 Å². The molecule has 2 N–H and O–H groups in total. The summed E-state index contributed by atoms with van der Waals surface area (Å²) in [5, 5.41) is 17.7. The number of carbonyl (C=O) groups is 8. The van der Waals surface area contributed by atoms with Crippen LogP contribution < -0.4 is 0 Å². The maximum atomic E-state index is 10.9. The van der Waals surface area contributed by atoms with Gasteiger partial charge in [-0.3, -0.25) is 28.8 Å². The Balaban J connectivity index is 0. The van der Waals surface area contributed by atoms with Crippen LogP contribution in [0.1, 0.15) is 41.5 Å². The first-order chi connectivity index (χ1) is 19.9. The number of hydrogen-bond acceptors (Lipinski definition) is 14. The molecule has 240 valence electrons. The van der Waals surface area contributed by atoms with Crippen molar-refractivity contribution in [2.45, 2.75) is 66.0 Å². The highest BCUT2D eigenvalue weighted by Gasteiger charge is 2.35. The SMILES string of the molecule is CC(=O)OC[C@H](OC(C)=O)[C@H](OC(C)=O)C(=O)O.CC(=O)OC[C@H](OC(C)=O)[C@H](OC(C)=O)C(=O)O.Ic1ccccc1. The molecule has 0 unspecified atom stereocenters. The average molecular weight is 728 g/mol. The van der Waals surface area contributed by atoms with Crippen LogP contribution in [0.25, 0.3) is 0 Å². The predicted molar refractivity (Wildman–Crippen MR) is 150 cm³/mol. The van der Waals surface area contributed by atoms with Gasteiger partial charge in [0.2, 0.25) is 12.2 Å². The molecule has 0 aliphatic rings. The number of carboxylic acids is 2. The summed E-state index contributed by atoms with van der Waals surface area (Å²) >= 11 is 2.28. The molecule has 1 aromatic rings. The number of ether oxygens (including phenoxy) is 6. The minimum Gasteiger partial charge on any atom is -0.478 e. The number of hydrogen-bond donors (Lipinski definition) is 2. The molecule has 0 bridgehead atoms. The summed E-state index contributed by atoms with van der Waals surface area (Å²) in [6.07, 6.45) is -6.25. The van der Waals surface area contributed by atoms with Crippen LogP contribution in [-0.4, -0.2) is 95.6 Å². The molecule has 16 nitrogen and oxygen atoms in total. The first kappa shape index (κ1) is 40.8. The van der Waals surface area contributed by atoms with Crippen molar-refractivity contribution in [3.63, 3.8) is 0 Å². The number of carbonyl (C=O) groups excluding carboxylic acids is 6. The summed E-state index contributed by atoms with van der Waals surface area (Å²) in [6, 6.07) is 10.2. The molecular weight excluding hydrogens is 695 g/mol. The highest BCUT2D eigenvalue weighted by atomic mass is 127. The minimum atomic E-state index is -1.73. The zero-order valence-electron chi connectivity index (χ0n) is 24.1. The van der Waals surface area contributed by atoms with E-state index < -0.39 is 85.4 Å². The van der Waals surface area contributed by atoms with Gasteiger partial charge in [0.25, 0.3) is 0 Å². The van der Waals surface area contributed by atoms with Crippen molar-refractivity contribution in [3.8, 4) is 0 Å². The van der Waals surface area contributed by atoms with E-state index in [0.717, 1.165) is 41.5 Å². The van der Waals surface area contributed by atoms with E-state index >= 15 is 0 Å². The Bertz CT molecular complexity index is 1040. The van der Waals surface area contributed by atoms with Crippen molar-refractivity contribution in [2.24, 2.45) is 0 Å². The van der Waals surface area contributed by atoms with Crippen LogP contribution in [0.5, 0.6) is 0 Å². The first-order valence-corrected chi connectivity index (χ1v) is 13.1. The van der Waals surface area contributed by atoms with Crippen LogP contribution in [0, 0.1) is 3.57 Å². The zero-order chi connectivity index (χ0) is 33.7. The van der Waals surface area contributed by atoms with Crippen molar-refractivity contribution in [2.75, 3.05) is 13.2 Å². The molecule has 0 saturated heterocycles. The number of rotatable bonds is 12. The quantitative estimate of drug-likeness (QED) is 0.175. The topological polar surface area (TPSA) is 232 Å². The maximum absolute atomic E-state index is 10.9. The zero-order valence-corrected chi connectivity index (χ0v) is 26.3. The molecule has 0 saturated carbocycles. The molecule has 0 radical (unpaired) electrons. The van der Waals surface area contributed by atoms with E-state index in [1.54, 1.807) is 0 Å². The van der Waals surface area contributed by atoms with Gasteiger partial charge in [0.15, 0.2) is 12.2 Å². The second kappa shape index (κ2) is 22.3. The summed E-state index contributed by atoms with van der Waals surface area (Å²) in [6.45, 7) is 5.29. The van der Waals surface area contributed by atoms with E-state index in [1.165, 1.54) is 3.57 Å². The molecule has 0 fully saturated rings. The average Bonchev–Trinajstić information content (AvgIpc) is 2.86. The molecular formula is C26H33IO16. The lowest BCUT2D eigenvalue weighted by Crippen LogP contribution is -2.43. The smallest absolute Gasteiger partial charge is 0.349 e. The molecule has 0 amide bonds. The van der Waals surface area contributed by atoms with Gasteiger partial charge in [-0.2, -0.15) is 0 Å². The van der Waals surface area contributed by atoms with Crippen LogP contribution in [0.3, 0.4) is 0 Å². The summed E-state index contributed by atoms with van der Waals surface area (Å²) < 4.78 is 28.7. The van der Waals surface area contributed by atoms with Crippen molar-refractivity contribution >= 4 is 70.3 Å². The maximum Gasteiger partial charge on any atom is 0.349 e. The molecule has 0 spiro atoms. The minimum absolute atomic E-state index is 0.515. The molecule has 1 aromatic carbocycles. The molecule has 17 heteroatoms. The van der Waals surface area contributed by atoms with Gasteiger partial charge in [-0.15, -0.1) is 0 Å². The van der Waals surface area contributed by atoms with E-state index in [-0.39, 0.29) is 0 Å². The Kier molecular flexibility index (Phi) is 21.2. The van der Waals surface area contributed by atoms with E-state index in [9.17, 15) is 38.4 Å². The highest BCUT2D eigenvalue weighted by molar-refractivity contribution is 14.1. The molecule has 0 aliphatic heterocycles. The van der Waals surface area contributed by atoms with Gasteiger partial charge in [-0.25, -0.2) is 9.59 Å². The van der Waals surface area contributed by atoms with Crippen molar-refractivity contribution in [1.29, 1.82) is 0 Å². The normalized spacial score (nSPS) is 12.3. The van der Waals surface area contributed by atoms with Gasteiger partial charge in [-0.05, 0) is 34.7 Å². The molecule has 0 aliphatic carbocycles. The molecule has 1 rings (SSSR count). The van der Waals surface area contributed by atoms with Gasteiger partial charge >= 0.3 is 47.8 Å². The van der Waals surface area contributed by atoms with E-state index in [2.05, 4.69) is 63.1 Å². The van der Waals surface area contributed by atoms with E-state index in [1.807, 2.05) is 18.2 Å². The van der Waals surface area contributed by atoms with Crippen molar-refractivity contribution in [1.82, 2.24) is 0 Å². The fourth-order valence-corrected chi connectivity index (χ4v) is 2.95. The number of aliphatic carboxylic acids is 2. The second-order valence-electron chi connectivity index (χ2n) is 7.93. The lowest BCUT2D eigenvalue weighted by Gasteiger charge is -2.22. The first-order valence-electron chi connectivity index (χ1n) is 12.0. The predicted octanol–water partition coefficient (Wildman–Crippen LogP) is 1.29. The fraction of sp³-hybridized carbons (Fsp3) is 0.462. The highest BCUT2D eigenvalue weighted by Crippen LogP contribution is 2.09. The molecule has 0 heterocycles. The molecule has 43 heavy (non-hydrogen) atoms.